The van der Waals surface area contributed by atoms with Gasteiger partial charge in [-0.1, -0.05) is 12.1 Å². The number of carbonyl (C=O) groups excluding carboxylic acids is 1. The van der Waals surface area contributed by atoms with Gasteiger partial charge in [0.05, 0.1) is 0 Å². The number of carbonyl (C=O) groups is 1. The fourth-order valence-corrected chi connectivity index (χ4v) is 2.61. The van der Waals surface area contributed by atoms with E-state index in [0.717, 1.165) is 6.08 Å². The predicted molar refractivity (Wildman–Crippen MR) is 80.5 cm³/mol. The van der Waals surface area contributed by atoms with Crippen molar-refractivity contribution in [1.82, 2.24) is 10.5 Å². The lowest BCUT2D eigenvalue weighted by molar-refractivity contribution is -0.124. The zero-order valence-electron chi connectivity index (χ0n) is 11.3. The van der Waals surface area contributed by atoms with Crippen molar-refractivity contribution < 1.29 is 18.4 Å². The molecule has 22 heavy (non-hydrogen) atoms. The van der Waals surface area contributed by atoms with Crippen molar-refractivity contribution in [2.45, 2.75) is 4.90 Å². The monoisotopic (exact) mass is 319 g/mol. The molecule has 1 heterocycles. The standard InChI is InChI=1S/C14H13N3O4S/c18-14(16-19)8-5-11-3-6-12(7-4-11)17-22(20,21)13-2-1-9-15-10-13/h1-10,17,19H,(H,16,18)/b8-5+. The van der Waals surface area contributed by atoms with Gasteiger partial charge in [0.25, 0.3) is 15.9 Å². The van der Waals surface area contributed by atoms with Crippen molar-refractivity contribution in [2.75, 3.05) is 4.72 Å². The van der Waals surface area contributed by atoms with E-state index in [2.05, 4.69) is 9.71 Å². The highest BCUT2D eigenvalue weighted by Crippen LogP contribution is 2.16. The molecule has 2 aromatic rings. The Kier molecular flexibility index (Phi) is 4.87. The number of nitrogens with zero attached hydrogens (tertiary/aromatic N) is 1. The van der Waals surface area contributed by atoms with Crippen LogP contribution in [0.2, 0.25) is 0 Å². The molecule has 8 heteroatoms. The van der Waals surface area contributed by atoms with E-state index in [-0.39, 0.29) is 4.90 Å². The number of pyridine rings is 1. The van der Waals surface area contributed by atoms with Gasteiger partial charge >= 0.3 is 0 Å². The molecule has 0 saturated carbocycles. The lowest BCUT2D eigenvalue weighted by Crippen LogP contribution is -2.14. The normalized spacial score (nSPS) is 11.3. The molecule has 0 unspecified atom stereocenters. The maximum absolute atomic E-state index is 12.1. The van der Waals surface area contributed by atoms with Crippen LogP contribution in [0, 0.1) is 0 Å². The zero-order valence-corrected chi connectivity index (χ0v) is 12.1. The van der Waals surface area contributed by atoms with E-state index in [4.69, 9.17) is 5.21 Å². The third-order valence-electron chi connectivity index (χ3n) is 2.64. The Hall–Kier alpha value is -2.71. The van der Waals surface area contributed by atoms with Gasteiger partial charge in [-0.25, -0.2) is 13.9 Å². The van der Waals surface area contributed by atoms with Gasteiger partial charge in [-0.3, -0.25) is 19.7 Å². The molecule has 0 saturated heterocycles. The molecule has 0 atom stereocenters. The maximum atomic E-state index is 12.1. The number of anilines is 1. The van der Waals surface area contributed by atoms with E-state index in [1.807, 2.05) is 0 Å². The SMILES string of the molecule is O=C(/C=C/c1ccc(NS(=O)(=O)c2cccnc2)cc1)NO. The molecule has 2 rings (SSSR count). The minimum absolute atomic E-state index is 0.0681. The predicted octanol–water partition coefficient (Wildman–Crippen LogP) is 1.40. The second kappa shape index (κ2) is 6.83. The molecule has 0 aliphatic carbocycles. The molecule has 3 N–H and O–H groups in total. The van der Waals surface area contributed by atoms with Crippen molar-refractivity contribution in [2.24, 2.45) is 0 Å². The van der Waals surface area contributed by atoms with Crippen molar-refractivity contribution in [3.63, 3.8) is 0 Å². The van der Waals surface area contributed by atoms with Crippen LogP contribution >= 0.6 is 0 Å². The molecule has 0 radical (unpaired) electrons. The summed E-state index contributed by atoms with van der Waals surface area (Å²) in [7, 11) is -3.68. The van der Waals surface area contributed by atoms with Gasteiger partial charge in [0.1, 0.15) is 4.90 Å². The quantitative estimate of drug-likeness (QED) is 0.438. The summed E-state index contributed by atoms with van der Waals surface area (Å²) in [6, 6.07) is 9.36. The molecular formula is C14H13N3O4S. The van der Waals surface area contributed by atoms with Crippen molar-refractivity contribution in [1.29, 1.82) is 0 Å². The lowest BCUT2D eigenvalue weighted by Gasteiger charge is -2.07. The molecular weight excluding hydrogens is 306 g/mol. The van der Waals surface area contributed by atoms with Crippen LogP contribution in [0.3, 0.4) is 0 Å². The third kappa shape index (κ3) is 4.14. The van der Waals surface area contributed by atoms with E-state index in [9.17, 15) is 13.2 Å². The topological polar surface area (TPSA) is 108 Å². The summed E-state index contributed by atoms with van der Waals surface area (Å²) in [6.07, 6.45) is 5.37. The number of benzene rings is 1. The molecule has 0 aliphatic heterocycles. The molecule has 0 aliphatic rings. The minimum atomic E-state index is -3.68. The Morgan fingerprint density at radius 1 is 1.18 bits per heavy atom. The van der Waals surface area contributed by atoms with Gasteiger partial charge in [0, 0.05) is 24.2 Å². The fraction of sp³-hybridized carbons (Fsp3) is 0. The van der Waals surface area contributed by atoms with Gasteiger partial charge in [0.2, 0.25) is 0 Å². The zero-order chi connectivity index (χ0) is 16.0. The van der Waals surface area contributed by atoms with Gasteiger partial charge < -0.3 is 0 Å². The first-order valence-corrected chi connectivity index (χ1v) is 7.64. The van der Waals surface area contributed by atoms with Crippen LogP contribution in [0.4, 0.5) is 5.69 Å². The third-order valence-corrected chi connectivity index (χ3v) is 4.01. The van der Waals surface area contributed by atoms with Crippen molar-refractivity contribution in [3.05, 3.63) is 60.4 Å². The molecule has 7 nitrogen and oxygen atoms in total. The second-order valence-electron chi connectivity index (χ2n) is 4.23. The van der Waals surface area contributed by atoms with Gasteiger partial charge in [-0.15, -0.1) is 0 Å². The summed E-state index contributed by atoms with van der Waals surface area (Å²) in [5, 5.41) is 8.36. The summed E-state index contributed by atoms with van der Waals surface area (Å²) >= 11 is 0. The summed E-state index contributed by atoms with van der Waals surface area (Å²) in [6.45, 7) is 0. The first kappa shape index (κ1) is 15.7. The highest BCUT2D eigenvalue weighted by atomic mass is 32.2. The first-order valence-electron chi connectivity index (χ1n) is 6.16. The second-order valence-corrected chi connectivity index (χ2v) is 5.91. The first-order chi connectivity index (χ1) is 10.5. The van der Waals surface area contributed by atoms with Crippen LogP contribution in [-0.2, 0) is 14.8 Å². The highest BCUT2D eigenvalue weighted by Gasteiger charge is 2.13. The Balaban J connectivity index is 2.12. The number of rotatable bonds is 5. The Labute approximate surface area is 127 Å². The van der Waals surface area contributed by atoms with E-state index in [1.165, 1.54) is 36.1 Å². The fourth-order valence-electron chi connectivity index (χ4n) is 1.59. The number of nitrogens with one attached hydrogen (secondary N) is 2. The molecule has 0 spiro atoms. The number of hydrogen-bond donors (Lipinski definition) is 3. The van der Waals surface area contributed by atoms with Crippen molar-refractivity contribution >= 4 is 27.7 Å². The minimum Gasteiger partial charge on any atom is -0.288 e. The maximum Gasteiger partial charge on any atom is 0.267 e. The largest absolute Gasteiger partial charge is 0.288 e. The molecule has 114 valence electrons. The van der Waals surface area contributed by atoms with E-state index < -0.39 is 15.9 Å². The number of hydrogen-bond acceptors (Lipinski definition) is 5. The van der Waals surface area contributed by atoms with Crippen molar-refractivity contribution in [3.8, 4) is 0 Å². The van der Waals surface area contributed by atoms with Gasteiger partial charge in [-0.2, -0.15) is 0 Å². The molecule has 1 aromatic heterocycles. The van der Waals surface area contributed by atoms with Crippen LogP contribution in [-0.4, -0.2) is 24.5 Å². The summed E-state index contributed by atoms with van der Waals surface area (Å²) in [4.78, 5) is 14.7. The molecule has 0 bridgehead atoms. The van der Waals surface area contributed by atoms with Crippen LogP contribution in [0.1, 0.15) is 5.56 Å². The number of aromatic nitrogens is 1. The Bertz CT molecular complexity index is 771. The van der Waals surface area contributed by atoms with Gasteiger partial charge in [0.15, 0.2) is 0 Å². The summed E-state index contributed by atoms with van der Waals surface area (Å²) in [5.41, 5.74) is 2.53. The Morgan fingerprint density at radius 3 is 2.50 bits per heavy atom. The smallest absolute Gasteiger partial charge is 0.267 e. The van der Waals surface area contributed by atoms with E-state index in [1.54, 1.807) is 24.3 Å². The van der Waals surface area contributed by atoms with Crippen LogP contribution in [0.5, 0.6) is 0 Å². The number of sulfonamides is 1. The van der Waals surface area contributed by atoms with Crippen LogP contribution < -0.4 is 10.2 Å². The number of amides is 1. The lowest BCUT2D eigenvalue weighted by atomic mass is 10.2. The Morgan fingerprint density at radius 2 is 1.91 bits per heavy atom. The average molecular weight is 319 g/mol. The summed E-state index contributed by atoms with van der Waals surface area (Å²) in [5.74, 6) is -0.652. The van der Waals surface area contributed by atoms with E-state index >= 15 is 0 Å². The highest BCUT2D eigenvalue weighted by molar-refractivity contribution is 7.92. The average Bonchev–Trinajstić information content (AvgIpc) is 2.54. The molecule has 1 aromatic carbocycles. The van der Waals surface area contributed by atoms with Crippen LogP contribution in [0.15, 0.2) is 59.8 Å². The molecule has 1 amide bonds. The van der Waals surface area contributed by atoms with Crippen LogP contribution in [0.25, 0.3) is 6.08 Å². The number of hydroxylamine groups is 1. The van der Waals surface area contributed by atoms with Gasteiger partial charge in [-0.05, 0) is 35.9 Å². The molecule has 0 fully saturated rings. The summed E-state index contributed by atoms with van der Waals surface area (Å²) < 4.78 is 26.6. The van der Waals surface area contributed by atoms with E-state index in [0.29, 0.717) is 11.3 Å².